The molecule has 4 N–H and O–H groups in total. The Balaban J connectivity index is 0.00000240. The Bertz CT molecular complexity index is 660. The number of rotatable bonds is 6. The summed E-state index contributed by atoms with van der Waals surface area (Å²) in [6.07, 6.45) is 5.55. The van der Waals surface area contributed by atoms with Gasteiger partial charge in [-0.05, 0) is 62.4 Å². The minimum atomic E-state index is -0.144. The normalized spacial score (nSPS) is 28.6. The number of hydrogen-bond acceptors (Lipinski definition) is 5. The average Bonchev–Trinajstić information content (AvgIpc) is 3.17. The summed E-state index contributed by atoms with van der Waals surface area (Å²) in [6.45, 7) is 5.47. The Morgan fingerprint density at radius 1 is 1.24 bits per heavy atom. The number of morpholine rings is 1. The van der Waals surface area contributed by atoms with Crippen molar-refractivity contribution in [2.24, 2.45) is 17.6 Å². The zero-order valence-electron chi connectivity index (χ0n) is 17.1. The third-order valence-corrected chi connectivity index (χ3v) is 6.71. The van der Waals surface area contributed by atoms with Crippen LogP contribution in [0.15, 0.2) is 24.3 Å². The molecule has 3 atom stereocenters. The van der Waals surface area contributed by atoms with Gasteiger partial charge in [0.05, 0.1) is 13.2 Å². The first-order valence-electron chi connectivity index (χ1n) is 10.9. The van der Waals surface area contributed by atoms with Gasteiger partial charge in [0.15, 0.2) is 0 Å². The highest BCUT2D eigenvalue weighted by atomic mass is 35.5. The van der Waals surface area contributed by atoms with E-state index in [0.717, 1.165) is 52.2 Å². The predicted molar refractivity (Wildman–Crippen MR) is 118 cm³/mol. The van der Waals surface area contributed by atoms with E-state index in [1.807, 2.05) is 0 Å². The summed E-state index contributed by atoms with van der Waals surface area (Å²) in [7, 11) is 0. The predicted octanol–water partition coefficient (Wildman–Crippen LogP) is 2.37. The largest absolute Gasteiger partial charge is 0.382 e. The van der Waals surface area contributed by atoms with Crippen LogP contribution in [0.4, 0.5) is 5.69 Å². The van der Waals surface area contributed by atoms with Gasteiger partial charge in [0.2, 0.25) is 5.91 Å². The number of benzene rings is 1. The van der Waals surface area contributed by atoms with Gasteiger partial charge < -0.3 is 21.1 Å². The van der Waals surface area contributed by atoms with E-state index in [0.29, 0.717) is 18.0 Å². The maximum atomic E-state index is 11.4. The highest BCUT2D eigenvalue weighted by Gasteiger charge is 2.34. The topological polar surface area (TPSA) is 79.6 Å². The maximum Gasteiger partial charge on any atom is 0.220 e. The molecule has 29 heavy (non-hydrogen) atoms. The van der Waals surface area contributed by atoms with Gasteiger partial charge in [-0.1, -0.05) is 18.6 Å². The first kappa shape index (κ1) is 22.3. The van der Waals surface area contributed by atoms with E-state index < -0.39 is 0 Å². The molecule has 3 unspecified atom stereocenters. The van der Waals surface area contributed by atoms with E-state index in [2.05, 4.69) is 39.8 Å². The van der Waals surface area contributed by atoms with E-state index in [-0.39, 0.29) is 24.2 Å². The highest BCUT2D eigenvalue weighted by molar-refractivity contribution is 5.85. The summed E-state index contributed by atoms with van der Waals surface area (Å²) < 4.78 is 5.69. The van der Waals surface area contributed by atoms with E-state index in [4.69, 9.17) is 10.5 Å². The molecule has 3 fully saturated rings. The van der Waals surface area contributed by atoms with Crippen molar-refractivity contribution in [3.8, 4) is 0 Å². The zero-order valence-corrected chi connectivity index (χ0v) is 18.0. The molecule has 6 nitrogen and oxygen atoms in total. The van der Waals surface area contributed by atoms with Crippen molar-refractivity contribution in [2.45, 2.75) is 50.7 Å². The summed E-state index contributed by atoms with van der Waals surface area (Å²) in [4.78, 5) is 13.8. The molecular formula is C22H35ClN4O2. The summed E-state index contributed by atoms with van der Waals surface area (Å²) in [5, 5.41) is 7.46. The number of carbonyl (C=O) groups excluding carboxylic acids is 1. The number of halogens is 1. The van der Waals surface area contributed by atoms with Crippen LogP contribution in [0, 0.1) is 11.8 Å². The number of amides is 1. The number of likely N-dealkylation sites (tertiary alicyclic amines) is 1. The molecule has 4 rings (SSSR count). The van der Waals surface area contributed by atoms with Crippen molar-refractivity contribution in [2.75, 3.05) is 38.2 Å². The summed E-state index contributed by atoms with van der Waals surface area (Å²) in [5.74, 6) is 0.549. The number of ether oxygens (including phenoxy) is 1. The fraction of sp³-hybridized carbons (Fsp3) is 0.682. The molecule has 162 valence electrons. The molecule has 0 aromatic heterocycles. The van der Waals surface area contributed by atoms with Crippen molar-refractivity contribution in [3.63, 3.8) is 0 Å². The lowest BCUT2D eigenvalue weighted by atomic mass is 9.93. The number of nitrogens with zero attached hydrogens (tertiary/aromatic N) is 1. The third kappa shape index (κ3) is 5.85. The van der Waals surface area contributed by atoms with Crippen molar-refractivity contribution in [3.05, 3.63) is 29.8 Å². The average molecular weight is 423 g/mol. The first-order chi connectivity index (χ1) is 13.7. The highest BCUT2D eigenvalue weighted by Crippen LogP contribution is 2.32. The second-order valence-corrected chi connectivity index (χ2v) is 8.63. The Hall–Kier alpha value is -1.34. The summed E-state index contributed by atoms with van der Waals surface area (Å²) >= 11 is 0. The molecule has 2 aliphatic heterocycles. The quantitative estimate of drug-likeness (QED) is 0.655. The number of nitrogens with one attached hydrogen (secondary N) is 2. The fourth-order valence-corrected chi connectivity index (χ4v) is 5.12. The molecule has 1 amide bonds. The second-order valence-electron chi connectivity index (χ2n) is 8.63. The molecule has 0 spiro atoms. The standard InChI is InChI=1S/C22H34N4O2.ClH/c23-22(27)17-7-10-26(11-8-17)14-16-3-1-4-18(13-16)25-20-6-2-5-19(20)21-15-28-12-9-24-21;/h1,3-4,13,17,19-21,24-25H,2,5-12,14-15H2,(H2,23,27);1H. The van der Waals surface area contributed by atoms with Crippen LogP contribution in [0.1, 0.15) is 37.7 Å². The van der Waals surface area contributed by atoms with Crippen molar-refractivity contribution in [1.82, 2.24) is 10.2 Å². The number of nitrogens with two attached hydrogens (primary N) is 1. The Morgan fingerprint density at radius 3 is 2.79 bits per heavy atom. The summed E-state index contributed by atoms with van der Waals surface area (Å²) in [6, 6.07) is 9.82. The minimum absolute atomic E-state index is 0. The van der Waals surface area contributed by atoms with E-state index in [9.17, 15) is 4.79 Å². The van der Waals surface area contributed by atoms with Crippen LogP contribution in [0.3, 0.4) is 0 Å². The molecule has 2 saturated heterocycles. The molecule has 0 bridgehead atoms. The van der Waals surface area contributed by atoms with Crippen LogP contribution < -0.4 is 16.4 Å². The van der Waals surface area contributed by atoms with Gasteiger partial charge in [-0.25, -0.2) is 0 Å². The molecule has 1 aliphatic carbocycles. The van der Waals surface area contributed by atoms with E-state index in [1.54, 1.807) is 0 Å². The Labute approximate surface area is 180 Å². The summed E-state index contributed by atoms with van der Waals surface area (Å²) in [5.41, 5.74) is 8.00. The van der Waals surface area contributed by atoms with Crippen LogP contribution >= 0.6 is 12.4 Å². The molecular weight excluding hydrogens is 388 g/mol. The van der Waals surface area contributed by atoms with Gasteiger partial charge in [-0.3, -0.25) is 9.69 Å². The van der Waals surface area contributed by atoms with Crippen molar-refractivity contribution in [1.29, 1.82) is 0 Å². The monoisotopic (exact) mass is 422 g/mol. The molecule has 2 heterocycles. The lowest BCUT2D eigenvalue weighted by Crippen LogP contribution is -2.49. The zero-order chi connectivity index (χ0) is 19.3. The molecule has 7 heteroatoms. The first-order valence-corrected chi connectivity index (χ1v) is 10.9. The smallest absolute Gasteiger partial charge is 0.220 e. The van der Waals surface area contributed by atoms with E-state index >= 15 is 0 Å². The molecule has 1 aromatic rings. The lowest BCUT2D eigenvalue weighted by Gasteiger charge is -2.33. The van der Waals surface area contributed by atoms with Crippen molar-refractivity contribution < 1.29 is 9.53 Å². The van der Waals surface area contributed by atoms with Gasteiger partial charge in [0.1, 0.15) is 0 Å². The van der Waals surface area contributed by atoms with Gasteiger partial charge in [-0.15, -0.1) is 12.4 Å². The number of primary amides is 1. The number of piperidine rings is 1. The maximum absolute atomic E-state index is 11.4. The third-order valence-electron chi connectivity index (χ3n) is 6.71. The molecule has 3 aliphatic rings. The Kier molecular flexibility index (Phi) is 8.18. The fourth-order valence-electron chi connectivity index (χ4n) is 5.12. The van der Waals surface area contributed by atoms with Crippen LogP contribution in [0.2, 0.25) is 0 Å². The van der Waals surface area contributed by atoms with Gasteiger partial charge >= 0.3 is 0 Å². The minimum Gasteiger partial charge on any atom is -0.382 e. The molecule has 1 saturated carbocycles. The molecule has 1 aromatic carbocycles. The Morgan fingerprint density at radius 2 is 2.07 bits per heavy atom. The van der Waals surface area contributed by atoms with Gasteiger partial charge in [0, 0.05) is 36.8 Å². The van der Waals surface area contributed by atoms with Crippen LogP contribution in [0.5, 0.6) is 0 Å². The number of hydrogen-bond donors (Lipinski definition) is 3. The second kappa shape index (κ2) is 10.6. The van der Waals surface area contributed by atoms with Crippen LogP contribution in [-0.4, -0.2) is 55.7 Å². The van der Waals surface area contributed by atoms with Crippen LogP contribution in [0.25, 0.3) is 0 Å². The van der Waals surface area contributed by atoms with Crippen molar-refractivity contribution >= 4 is 24.0 Å². The number of carbonyl (C=O) groups is 1. The molecule has 0 radical (unpaired) electrons. The SMILES string of the molecule is Cl.NC(=O)C1CCN(Cc2cccc(NC3CCCC3C3COCCN3)c2)CC1. The van der Waals surface area contributed by atoms with E-state index in [1.165, 1.54) is 30.5 Å². The van der Waals surface area contributed by atoms with Gasteiger partial charge in [-0.2, -0.15) is 0 Å². The number of anilines is 1. The van der Waals surface area contributed by atoms with Crippen LogP contribution in [-0.2, 0) is 16.1 Å². The lowest BCUT2D eigenvalue weighted by molar-refractivity contribution is -0.123. The van der Waals surface area contributed by atoms with Gasteiger partial charge in [0.25, 0.3) is 0 Å².